The standard InChI is InChI=1S/C37H44N6O7/c1-25-14-19-49-35(25)37(47)41-17-6-5-15-39-36(46)30-21-28(23-43(30)34(45)24-42-22-27-8-3-4-9-29(27)40-42)50-31-12-10-26(20-32(31)48-2)11-13-33(44)38-16-7-18-41/h3-4,8-10,12,14,19-20,22,28,30H,5-7,11,13,15-18,21,23-24H2,1-2H3,(H,38,44)(H,39,46)/t28-,30-/m0/s1. The van der Waals surface area contributed by atoms with Gasteiger partial charge >= 0.3 is 0 Å². The van der Waals surface area contributed by atoms with Crippen LogP contribution < -0.4 is 20.1 Å². The van der Waals surface area contributed by atoms with E-state index in [-0.39, 0.29) is 36.7 Å². The molecule has 264 valence electrons. The number of nitrogens with one attached hydrogen (secondary N) is 2. The lowest BCUT2D eigenvalue weighted by Gasteiger charge is -2.24. The summed E-state index contributed by atoms with van der Waals surface area (Å²) in [4.78, 5) is 56.7. The predicted molar refractivity (Wildman–Crippen MR) is 185 cm³/mol. The van der Waals surface area contributed by atoms with E-state index in [4.69, 9.17) is 13.9 Å². The topological polar surface area (TPSA) is 148 Å². The van der Waals surface area contributed by atoms with Gasteiger partial charge in [0.15, 0.2) is 17.3 Å². The number of carbonyl (C=O) groups is 4. The summed E-state index contributed by atoms with van der Waals surface area (Å²) >= 11 is 0. The summed E-state index contributed by atoms with van der Waals surface area (Å²) in [6, 6.07) is 14.2. The second-order valence-corrected chi connectivity index (χ2v) is 12.8. The number of aromatic nitrogens is 2. The van der Waals surface area contributed by atoms with Gasteiger partial charge in [0.2, 0.25) is 17.7 Å². The van der Waals surface area contributed by atoms with Gasteiger partial charge in [-0.05, 0) is 62.4 Å². The smallest absolute Gasteiger partial charge is 0.289 e. The Labute approximate surface area is 290 Å². The van der Waals surface area contributed by atoms with E-state index >= 15 is 0 Å². The highest BCUT2D eigenvalue weighted by molar-refractivity contribution is 5.93. The number of fused-ring (bicyclic) bond motifs is 16. The van der Waals surface area contributed by atoms with Crippen molar-refractivity contribution in [2.45, 2.75) is 64.1 Å². The fraction of sp³-hybridized carbons (Fsp3) is 0.432. The lowest BCUT2D eigenvalue weighted by atomic mass is 10.1. The number of hydrogen-bond donors (Lipinski definition) is 2. The van der Waals surface area contributed by atoms with E-state index in [1.807, 2.05) is 49.5 Å². The minimum Gasteiger partial charge on any atom is -0.493 e. The van der Waals surface area contributed by atoms with Crippen LogP contribution in [-0.2, 0) is 27.3 Å². The van der Waals surface area contributed by atoms with Crippen LogP contribution in [0.4, 0.5) is 0 Å². The number of amides is 4. The zero-order valence-corrected chi connectivity index (χ0v) is 28.6. The van der Waals surface area contributed by atoms with Gasteiger partial charge in [0, 0.05) is 56.2 Å². The van der Waals surface area contributed by atoms with Crippen molar-refractivity contribution >= 4 is 34.5 Å². The number of ether oxygens (including phenoxy) is 2. The molecule has 0 aliphatic carbocycles. The Morgan fingerprint density at radius 1 is 1.00 bits per heavy atom. The third kappa shape index (κ3) is 8.27. The maximum atomic E-state index is 13.7. The van der Waals surface area contributed by atoms with E-state index in [1.165, 1.54) is 6.26 Å². The van der Waals surface area contributed by atoms with Gasteiger partial charge in [-0.25, -0.2) is 0 Å². The highest BCUT2D eigenvalue weighted by Gasteiger charge is 2.41. The number of furan rings is 1. The first-order valence-corrected chi connectivity index (χ1v) is 17.2. The van der Waals surface area contributed by atoms with Crippen molar-refractivity contribution in [3.63, 3.8) is 0 Å². The predicted octanol–water partition coefficient (Wildman–Crippen LogP) is 3.49. The fourth-order valence-corrected chi connectivity index (χ4v) is 6.53. The van der Waals surface area contributed by atoms with Gasteiger partial charge in [-0.2, -0.15) is 5.10 Å². The molecule has 0 unspecified atom stereocenters. The number of likely N-dealkylation sites (tertiary alicyclic amines) is 1. The van der Waals surface area contributed by atoms with Crippen molar-refractivity contribution in [2.24, 2.45) is 0 Å². The van der Waals surface area contributed by atoms with Crippen LogP contribution in [0, 0.1) is 6.92 Å². The SMILES string of the molecule is COc1cc2ccc1O[C@H]1C[C@@H](C(=O)NCCCCN(C(=O)c3occc3C)CCCNC(=O)CC2)N(C(=O)Cn2cc3ccccc3n2)C1. The molecule has 4 aromatic rings. The van der Waals surface area contributed by atoms with E-state index < -0.39 is 12.1 Å². The third-order valence-electron chi connectivity index (χ3n) is 9.23. The highest BCUT2D eigenvalue weighted by Crippen LogP contribution is 2.32. The molecule has 4 amide bonds. The normalized spacial score (nSPS) is 19.6. The maximum Gasteiger partial charge on any atom is 0.289 e. The molecule has 4 bridgehead atoms. The van der Waals surface area contributed by atoms with E-state index in [9.17, 15) is 19.2 Å². The van der Waals surface area contributed by atoms with Gasteiger partial charge in [0.25, 0.3) is 5.91 Å². The number of aryl methyl sites for hydroxylation is 2. The second kappa shape index (κ2) is 15.9. The molecule has 2 aromatic heterocycles. The summed E-state index contributed by atoms with van der Waals surface area (Å²) in [7, 11) is 1.55. The lowest BCUT2D eigenvalue weighted by Crippen LogP contribution is -2.47. The van der Waals surface area contributed by atoms with Crippen LogP contribution in [0.1, 0.15) is 53.8 Å². The van der Waals surface area contributed by atoms with Gasteiger partial charge < -0.3 is 34.3 Å². The Morgan fingerprint density at radius 3 is 2.62 bits per heavy atom. The van der Waals surface area contributed by atoms with Crippen LogP contribution >= 0.6 is 0 Å². The first-order chi connectivity index (χ1) is 24.3. The molecular weight excluding hydrogens is 640 g/mol. The average molecular weight is 685 g/mol. The maximum absolute atomic E-state index is 13.7. The molecule has 1 saturated heterocycles. The summed E-state index contributed by atoms with van der Waals surface area (Å²) in [5.74, 6) is 0.542. The molecule has 3 aliphatic rings. The monoisotopic (exact) mass is 684 g/mol. The zero-order chi connectivity index (χ0) is 35.0. The quantitative estimate of drug-likeness (QED) is 0.332. The minimum absolute atomic E-state index is 0.0181. The summed E-state index contributed by atoms with van der Waals surface area (Å²) < 4.78 is 19.1. The molecule has 13 nitrogen and oxygen atoms in total. The molecule has 2 atom stereocenters. The molecule has 2 N–H and O–H groups in total. The molecular formula is C37H44N6O7. The molecule has 5 heterocycles. The summed E-state index contributed by atoms with van der Waals surface area (Å²) in [5.41, 5.74) is 2.45. The Bertz CT molecular complexity index is 1800. The molecule has 1 fully saturated rings. The number of carbonyl (C=O) groups excluding carboxylic acids is 4. The third-order valence-corrected chi connectivity index (χ3v) is 9.23. The van der Waals surface area contributed by atoms with Crippen LogP contribution in [0.3, 0.4) is 0 Å². The average Bonchev–Trinajstić information content (AvgIpc) is 3.85. The molecule has 3 aliphatic heterocycles. The van der Waals surface area contributed by atoms with E-state index in [1.54, 1.807) is 33.7 Å². The number of methoxy groups -OCH3 is 1. The molecule has 7 rings (SSSR count). The first-order valence-electron chi connectivity index (χ1n) is 17.2. The molecule has 2 aromatic carbocycles. The van der Waals surface area contributed by atoms with Gasteiger partial charge in [-0.1, -0.05) is 24.3 Å². The van der Waals surface area contributed by atoms with Crippen LogP contribution in [0.2, 0.25) is 0 Å². The summed E-state index contributed by atoms with van der Waals surface area (Å²) in [6.07, 6.45) is 5.80. The lowest BCUT2D eigenvalue weighted by molar-refractivity contribution is -0.139. The van der Waals surface area contributed by atoms with Gasteiger partial charge in [0.05, 0.1) is 25.4 Å². The Kier molecular flexibility index (Phi) is 11.0. The van der Waals surface area contributed by atoms with Crippen LogP contribution in [0.5, 0.6) is 11.5 Å². The largest absolute Gasteiger partial charge is 0.493 e. The van der Waals surface area contributed by atoms with E-state index in [0.29, 0.717) is 82.0 Å². The molecule has 0 radical (unpaired) electrons. The summed E-state index contributed by atoms with van der Waals surface area (Å²) in [6.45, 7) is 3.73. The van der Waals surface area contributed by atoms with Crippen molar-refractivity contribution in [1.82, 2.24) is 30.2 Å². The molecule has 13 heteroatoms. The summed E-state index contributed by atoms with van der Waals surface area (Å²) in [5, 5.41) is 11.4. The van der Waals surface area contributed by atoms with E-state index in [0.717, 1.165) is 22.0 Å². The van der Waals surface area contributed by atoms with Gasteiger partial charge in [0.1, 0.15) is 18.7 Å². The Morgan fingerprint density at radius 2 is 1.82 bits per heavy atom. The number of hydrogen-bond acceptors (Lipinski definition) is 8. The number of benzene rings is 2. The van der Waals surface area contributed by atoms with Crippen molar-refractivity contribution in [3.05, 3.63) is 77.9 Å². The highest BCUT2D eigenvalue weighted by atomic mass is 16.5. The molecule has 0 spiro atoms. The van der Waals surface area contributed by atoms with Crippen molar-refractivity contribution < 1.29 is 33.1 Å². The van der Waals surface area contributed by atoms with Crippen molar-refractivity contribution in [2.75, 3.05) is 39.8 Å². The van der Waals surface area contributed by atoms with Crippen LogP contribution in [-0.4, -0.2) is 95.2 Å². The Balaban J connectivity index is 1.19. The molecule has 0 saturated carbocycles. The van der Waals surface area contributed by atoms with Gasteiger partial charge in [-0.3, -0.25) is 23.9 Å². The van der Waals surface area contributed by atoms with E-state index in [2.05, 4.69) is 15.7 Å². The van der Waals surface area contributed by atoms with Crippen LogP contribution in [0.15, 0.2) is 65.4 Å². The fourth-order valence-electron chi connectivity index (χ4n) is 6.53. The Hall–Kier alpha value is -5.33. The van der Waals surface area contributed by atoms with Crippen molar-refractivity contribution in [3.8, 4) is 11.5 Å². The number of rotatable bonds is 4. The first kappa shape index (κ1) is 34.5. The van der Waals surface area contributed by atoms with Crippen LogP contribution in [0.25, 0.3) is 10.9 Å². The number of nitrogens with zero attached hydrogens (tertiary/aromatic N) is 4. The van der Waals surface area contributed by atoms with Crippen molar-refractivity contribution in [1.29, 1.82) is 0 Å². The minimum atomic E-state index is -0.737. The molecule has 50 heavy (non-hydrogen) atoms. The zero-order valence-electron chi connectivity index (χ0n) is 28.6. The second-order valence-electron chi connectivity index (χ2n) is 12.8. The van der Waals surface area contributed by atoms with Gasteiger partial charge in [-0.15, -0.1) is 0 Å².